The lowest BCUT2D eigenvalue weighted by Gasteiger charge is -2.15. The second-order valence-electron chi connectivity index (χ2n) is 4.96. The van der Waals surface area contributed by atoms with Gasteiger partial charge in [-0.2, -0.15) is 0 Å². The van der Waals surface area contributed by atoms with Gasteiger partial charge in [0.05, 0.1) is 12.3 Å². The lowest BCUT2D eigenvalue weighted by Crippen LogP contribution is -2.23. The molecule has 1 heterocycles. The smallest absolute Gasteiger partial charge is 0.203 e. The third-order valence-corrected chi connectivity index (χ3v) is 2.94. The van der Waals surface area contributed by atoms with E-state index in [1.807, 2.05) is 6.92 Å². The molecule has 0 fully saturated rings. The number of nitrogens with zero attached hydrogens (tertiary/aromatic N) is 2. The zero-order valence-corrected chi connectivity index (χ0v) is 12.2. The van der Waals surface area contributed by atoms with Gasteiger partial charge in [0.15, 0.2) is 0 Å². The monoisotopic (exact) mass is 253 g/mol. The van der Waals surface area contributed by atoms with Crippen LogP contribution >= 0.6 is 0 Å². The molecular formula is C14H27N3O. The lowest BCUT2D eigenvalue weighted by atomic mass is 10.2. The van der Waals surface area contributed by atoms with E-state index in [9.17, 15) is 0 Å². The molecule has 0 saturated heterocycles. The van der Waals surface area contributed by atoms with E-state index >= 15 is 0 Å². The van der Waals surface area contributed by atoms with Gasteiger partial charge in [-0.25, -0.2) is 4.98 Å². The third-order valence-electron chi connectivity index (χ3n) is 2.94. The topological polar surface area (TPSA) is 39.1 Å². The van der Waals surface area contributed by atoms with E-state index in [4.69, 9.17) is 4.74 Å². The minimum Gasteiger partial charge on any atom is -0.383 e. The number of aryl methyl sites for hydroxylation is 2. The Morgan fingerprint density at radius 2 is 2.17 bits per heavy atom. The molecule has 104 valence electrons. The van der Waals surface area contributed by atoms with Crippen molar-refractivity contribution in [1.82, 2.24) is 9.55 Å². The highest BCUT2D eigenvalue weighted by Crippen LogP contribution is 2.12. The molecule has 4 nitrogen and oxygen atoms in total. The minimum absolute atomic E-state index is 0.284. The molecular weight excluding hydrogens is 226 g/mol. The molecule has 1 N–H and O–H groups in total. The molecule has 0 radical (unpaired) electrons. The number of rotatable bonds is 9. The molecule has 0 spiro atoms. The van der Waals surface area contributed by atoms with Crippen LogP contribution < -0.4 is 5.32 Å². The number of nitrogens with one attached hydrogen (secondary N) is 1. The highest BCUT2D eigenvalue weighted by molar-refractivity contribution is 5.29. The summed E-state index contributed by atoms with van der Waals surface area (Å²) in [5.74, 6) is 0.966. The van der Waals surface area contributed by atoms with Gasteiger partial charge in [0.2, 0.25) is 5.95 Å². The molecule has 0 aliphatic carbocycles. The van der Waals surface area contributed by atoms with Crippen LogP contribution in [0, 0.1) is 6.92 Å². The maximum atomic E-state index is 5.14. The Morgan fingerprint density at radius 3 is 2.83 bits per heavy atom. The minimum atomic E-state index is 0.284. The quantitative estimate of drug-likeness (QED) is 0.687. The number of anilines is 1. The summed E-state index contributed by atoms with van der Waals surface area (Å²) in [5.41, 5.74) is 1.07. The maximum absolute atomic E-state index is 5.14. The summed E-state index contributed by atoms with van der Waals surface area (Å²) in [5, 5.41) is 3.40. The number of aromatic nitrogens is 2. The highest BCUT2D eigenvalue weighted by Gasteiger charge is 2.08. The molecule has 4 heteroatoms. The van der Waals surface area contributed by atoms with Crippen molar-refractivity contribution < 1.29 is 4.74 Å². The van der Waals surface area contributed by atoms with Crippen LogP contribution in [0.1, 0.15) is 45.2 Å². The molecule has 0 amide bonds. The molecule has 0 aliphatic heterocycles. The number of hydrogen-bond donors (Lipinski definition) is 1. The Hall–Kier alpha value is -1.03. The van der Waals surface area contributed by atoms with Crippen LogP contribution in [0.15, 0.2) is 6.20 Å². The van der Waals surface area contributed by atoms with Crippen LogP contribution in [0.25, 0.3) is 0 Å². The van der Waals surface area contributed by atoms with Crippen molar-refractivity contribution in [2.45, 2.75) is 59.0 Å². The fourth-order valence-electron chi connectivity index (χ4n) is 2.05. The lowest BCUT2D eigenvalue weighted by molar-refractivity contribution is 0.190. The fourth-order valence-corrected chi connectivity index (χ4v) is 2.05. The molecule has 0 saturated carbocycles. The van der Waals surface area contributed by atoms with E-state index in [0.29, 0.717) is 6.61 Å². The van der Waals surface area contributed by atoms with Crippen LogP contribution in [-0.4, -0.2) is 29.3 Å². The first kappa shape index (κ1) is 15.0. The van der Waals surface area contributed by atoms with Gasteiger partial charge in [-0.15, -0.1) is 0 Å². The van der Waals surface area contributed by atoms with Gasteiger partial charge in [-0.05, 0) is 20.3 Å². The van der Waals surface area contributed by atoms with Crippen LogP contribution in [0.2, 0.25) is 0 Å². The standard InChI is InChI=1S/C14H27N3O/c1-5-6-7-8-9-17-10-12(2)15-14(17)16-13(3)11-18-4/h10,13H,5-9,11H2,1-4H3,(H,15,16). The Balaban J connectivity index is 2.50. The Labute approximate surface area is 111 Å². The van der Waals surface area contributed by atoms with E-state index in [1.54, 1.807) is 7.11 Å². The summed E-state index contributed by atoms with van der Waals surface area (Å²) < 4.78 is 7.36. The van der Waals surface area contributed by atoms with Crippen LogP contribution in [0.5, 0.6) is 0 Å². The SMILES string of the molecule is CCCCCCn1cc(C)nc1NC(C)COC. The Bertz CT molecular complexity index is 336. The summed E-state index contributed by atoms with van der Waals surface area (Å²) in [4.78, 5) is 4.53. The fraction of sp³-hybridized carbons (Fsp3) is 0.786. The molecule has 1 atom stereocenters. The molecule has 0 aromatic carbocycles. The first-order valence-corrected chi connectivity index (χ1v) is 6.96. The first-order chi connectivity index (χ1) is 8.67. The summed E-state index contributed by atoms with van der Waals surface area (Å²) in [6, 6.07) is 0.284. The summed E-state index contributed by atoms with van der Waals surface area (Å²) >= 11 is 0. The average Bonchev–Trinajstić information content (AvgIpc) is 2.65. The third kappa shape index (κ3) is 5.08. The number of hydrogen-bond acceptors (Lipinski definition) is 3. The van der Waals surface area contributed by atoms with Crippen molar-refractivity contribution in [1.29, 1.82) is 0 Å². The van der Waals surface area contributed by atoms with Crippen molar-refractivity contribution in [3.63, 3.8) is 0 Å². The van der Waals surface area contributed by atoms with Gasteiger partial charge in [0, 0.05) is 25.9 Å². The van der Waals surface area contributed by atoms with Crippen LogP contribution in [0.3, 0.4) is 0 Å². The van der Waals surface area contributed by atoms with Crippen molar-refractivity contribution in [2.24, 2.45) is 0 Å². The Kier molecular flexibility index (Phi) is 6.80. The van der Waals surface area contributed by atoms with Crippen molar-refractivity contribution >= 4 is 5.95 Å². The second kappa shape index (κ2) is 8.14. The molecule has 18 heavy (non-hydrogen) atoms. The van der Waals surface area contributed by atoms with Crippen molar-refractivity contribution in [2.75, 3.05) is 19.0 Å². The van der Waals surface area contributed by atoms with Gasteiger partial charge >= 0.3 is 0 Å². The molecule has 1 rings (SSSR count). The van der Waals surface area contributed by atoms with E-state index in [1.165, 1.54) is 25.7 Å². The maximum Gasteiger partial charge on any atom is 0.203 e. The molecule has 1 aromatic rings. The Morgan fingerprint density at radius 1 is 1.39 bits per heavy atom. The molecule has 1 unspecified atom stereocenters. The number of methoxy groups -OCH3 is 1. The van der Waals surface area contributed by atoms with Crippen LogP contribution in [0.4, 0.5) is 5.95 Å². The van der Waals surface area contributed by atoms with Gasteiger partial charge in [0.1, 0.15) is 0 Å². The van der Waals surface area contributed by atoms with E-state index in [2.05, 4.69) is 34.9 Å². The van der Waals surface area contributed by atoms with Gasteiger partial charge in [0.25, 0.3) is 0 Å². The van der Waals surface area contributed by atoms with E-state index < -0.39 is 0 Å². The van der Waals surface area contributed by atoms with Crippen LogP contribution in [-0.2, 0) is 11.3 Å². The molecule has 1 aromatic heterocycles. The number of unbranched alkanes of at least 4 members (excludes halogenated alkanes) is 3. The summed E-state index contributed by atoms with van der Waals surface area (Å²) in [6.07, 6.45) is 7.22. The zero-order chi connectivity index (χ0) is 13.4. The largest absolute Gasteiger partial charge is 0.383 e. The second-order valence-corrected chi connectivity index (χ2v) is 4.96. The van der Waals surface area contributed by atoms with Crippen molar-refractivity contribution in [3.8, 4) is 0 Å². The summed E-state index contributed by atoms with van der Waals surface area (Å²) in [7, 11) is 1.72. The molecule has 0 aliphatic rings. The van der Waals surface area contributed by atoms with Gasteiger partial charge < -0.3 is 14.6 Å². The number of imidazole rings is 1. The molecule has 0 bridgehead atoms. The number of ether oxygens (including phenoxy) is 1. The summed E-state index contributed by atoms with van der Waals surface area (Å²) in [6.45, 7) is 8.12. The zero-order valence-electron chi connectivity index (χ0n) is 12.2. The highest BCUT2D eigenvalue weighted by atomic mass is 16.5. The van der Waals surface area contributed by atoms with E-state index in [-0.39, 0.29) is 6.04 Å². The van der Waals surface area contributed by atoms with Crippen molar-refractivity contribution in [3.05, 3.63) is 11.9 Å². The normalized spacial score (nSPS) is 12.7. The van der Waals surface area contributed by atoms with Gasteiger partial charge in [-0.1, -0.05) is 26.2 Å². The predicted octanol–water partition coefficient (Wildman–Crippen LogP) is 3.22. The first-order valence-electron chi connectivity index (χ1n) is 6.96. The predicted molar refractivity (Wildman–Crippen MR) is 76.1 cm³/mol. The van der Waals surface area contributed by atoms with E-state index in [0.717, 1.165) is 18.2 Å². The van der Waals surface area contributed by atoms with Gasteiger partial charge in [-0.3, -0.25) is 0 Å². The average molecular weight is 253 g/mol.